The zero-order chi connectivity index (χ0) is 36.9. The van der Waals surface area contributed by atoms with Crippen molar-refractivity contribution in [2.45, 2.75) is 102 Å². The zero-order valence-electron chi connectivity index (χ0n) is 30.1. The second-order valence-electron chi connectivity index (χ2n) is 15.5. The molecule has 4 N–H and O–H groups in total. The Morgan fingerprint density at radius 3 is 2.53 bits per heavy atom. The van der Waals surface area contributed by atoms with Crippen LogP contribution in [0.5, 0.6) is 5.75 Å². The number of para-hydroxylation sites is 1. The third-order valence-electron chi connectivity index (χ3n) is 10.5. The highest BCUT2D eigenvalue weighted by Crippen LogP contribution is 2.65. The van der Waals surface area contributed by atoms with Crippen molar-refractivity contribution in [3.8, 4) is 5.75 Å². The predicted molar refractivity (Wildman–Crippen MR) is 189 cm³/mol. The number of carbonyl (C=O) groups is 2. The number of amides is 1. The lowest BCUT2D eigenvalue weighted by Crippen LogP contribution is -2.65. The van der Waals surface area contributed by atoms with Gasteiger partial charge in [-0.15, -0.1) is 5.10 Å². The van der Waals surface area contributed by atoms with E-state index in [0.717, 1.165) is 12.8 Å². The van der Waals surface area contributed by atoms with Gasteiger partial charge in [-0.2, -0.15) is 0 Å². The molecule has 51 heavy (non-hydrogen) atoms. The summed E-state index contributed by atoms with van der Waals surface area (Å²) < 4.78 is 54.0. The average Bonchev–Trinajstić information content (AvgIpc) is 3.65. The molecular formula is C35H47BN6O8S. The van der Waals surface area contributed by atoms with E-state index < -0.39 is 46.2 Å². The Balaban J connectivity index is 1.19. The molecule has 4 fully saturated rings. The molecule has 1 aromatic heterocycles. The lowest BCUT2D eigenvalue weighted by molar-refractivity contribution is -0.199. The molecule has 0 spiro atoms. The third kappa shape index (κ3) is 7.50. The molecule has 7 rings (SSSR count). The van der Waals surface area contributed by atoms with Gasteiger partial charge in [-0.1, -0.05) is 31.2 Å². The van der Waals surface area contributed by atoms with Gasteiger partial charge in [-0.05, 0) is 100 Å². The van der Waals surface area contributed by atoms with Crippen LogP contribution in [-0.2, 0) is 48.4 Å². The Labute approximate surface area is 299 Å². The number of esters is 1. The average molecular weight is 723 g/mol. The molecule has 1 amide bonds. The highest BCUT2D eigenvalue weighted by molar-refractivity contribution is 7.89. The van der Waals surface area contributed by atoms with Gasteiger partial charge in [-0.3, -0.25) is 4.79 Å². The summed E-state index contributed by atoms with van der Waals surface area (Å²) in [7, 11) is -3.10. The van der Waals surface area contributed by atoms with Crippen LogP contribution in [0.2, 0.25) is 0 Å². The Bertz CT molecular complexity index is 1900. The lowest BCUT2D eigenvalue weighted by atomic mass is 9.43. The van der Waals surface area contributed by atoms with E-state index >= 15 is 0 Å². The Morgan fingerprint density at radius 1 is 1.14 bits per heavy atom. The van der Waals surface area contributed by atoms with Gasteiger partial charge < -0.3 is 29.8 Å². The van der Waals surface area contributed by atoms with Gasteiger partial charge in [0.2, 0.25) is 15.9 Å². The summed E-state index contributed by atoms with van der Waals surface area (Å²) in [6.07, 6.45) is 3.55. The summed E-state index contributed by atoms with van der Waals surface area (Å²) in [5.74, 6) is -0.382. The van der Waals surface area contributed by atoms with Gasteiger partial charge in [0.15, 0.2) is 0 Å². The minimum atomic E-state index is -3.82. The number of hydrogen-bond acceptors (Lipinski definition) is 11. The van der Waals surface area contributed by atoms with Gasteiger partial charge in [0.05, 0.1) is 48.1 Å². The molecule has 2 heterocycles. The number of benzene rings is 2. The van der Waals surface area contributed by atoms with Crippen molar-refractivity contribution in [1.82, 2.24) is 25.0 Å². The van der Waals surface area contributed by atoms with Crippen molar-refractivity contribution in [2.75, 3.05) is 12.8 Å². The van der Waals surface area contributed by atoms with Crippen molar-refractivity contribution in [1.29, 1.82) is 0 Å². The lowest BCUT2D eigenvalue weighted by Gasteiger charge is -2.64. The number of ether oxygens (including phenoxy) is 2. The summed E-state index contributed by atoms with van der Waals surface area (Å²) in [5, 5.41) is 11.2. The second-order valence-corrected chi connectivity index (χ2v) is 17.3. The number of methoxy groups -OCH3 is 1. The Hall–Kier alpha value is -3.99. The standard InChI is InChI=1S/C35H47BN6O8S/c1-33(2,3)48-32(44)26-10-8-9-21(31(26)47-7)15-29(36-49-28-17-22-16-27(34(22,4)5)35(28,6)50-36)39-30(43)20-42-19-24(40-41-42)18-38-51(45,46)25-13-11-23(37)12-14-25/h8-14,19,22,27-29,38H,15-18,20,37H2,1-7H3,(H,39,43)/t22-,27-,28+,29-,35-/m0/s1. The van der Waals surface area contributed by atoms with Crippen molar-refractivity contribution in [3.63, 3.8) is 0 Å². The second kappa shape index (κ2) is 13.5. The number of nitrogens with zero attached hydrogens (tertiary/aromatic N) is 3. The Kier molecular flexibility index (Phi) is 9.76. The minimum Gasteiger partial charge on any atom is -0.496 e. The van der Waals surface area contributed by atoms with Crippen LogP contribution in [-0.4, -0.2) is 72.8 Å². The number of nitrogens with two attached hydrogens (primary N) is 1. The van der Waals surface area contributed by atoms with Crippen LogP contribution in [0.4, 0.5) is 5.69 Å². The van der Waals surface area contributed by atoms with Crippen molar-refractivity contribution >= 4 is 34.7 Å². The fourth-order valence-corrected chi connectivity index (χ4v) is 8.80. The first kappa shape index (κ1) is 36.8. The van der Waals surface area contributed by atoms with E-state index in [9.17, 15) is 18.0 Å². The summed E-state index contributed by atoms with van der Waals surface area (Å²) in [6, 6.07) is 11.1. The molecule has 16 heteroatoms. The first-order valence-corrected chi connectivity index (χ1v) is 18.6. The molecule has 0 unspecified atom stereocenters. The van der Waals surface area contributed by atoms with Crippen LogP contribution >= 0.6 is 0 Å². The topological polar surface area (TPSA) is 186 Å². The molecule has 3 saturated carbocycles. The first-order valence-electron chi connectivity index (χ1n) is 17.2. The van der Waals surface area contributed by atoms with Crippen LogP contribution in [0.15, 0.2) is 53.6 Å². The minimum absolute atomic E-state index is 0.0635. The van der Waals surface area contributed by atoms with Crippen molar-refractivity contribution in [3.05, 3.63) is 65.5 Å². The number of carbonyl (C=O) groups excluding carboxylic acids is 2. The van der Waals surface area contributed by atoms with E-state index in [0.29, 0.717) is 34.5 Å². The number of sulfonamides is 1. The molecular weight excluding hydrogens is 675 g/mol. The number of anilines is 1. The van der Waals surface area contributed by atoms with Crippen LogP contribution in [0, 0.1) is 17.3 Å². The van der Waals surface area contributed by atoms with E-state index in [1.54, 1.807) is 32.9 Å². The SMILES string of the molecule is COc1c(C[C@H](NC(=O)Cn2cc(CNS(=O)(=O)c3ccc(N)cc3)nn2)B2O[C@@H]3C[C@@H]4C[C@@H](C4(C)C)[C@]3(C)O2)cccc1C(=O)OC(C)(C)C. The molecule has 0 radical (unpaired) electrons. The van der Waals surface area contributed by atoms with Gasteiger partial charge >= 0.3 is 13.1 Å². The molecule has 3 aliphatic carbocycles. The van der Waals surface area contributed by atoms with E-state index in [4.69, 9.17) is 24.5 Å². The third-order valence-corrected chi connectivity index (χ3v) is 11.9. The maximum Gasteiger partial charge on any atom is 0.482 e. The fraction of sp³-hybridized carbons (Fsp3) is 0.543. The van der Waals surface area contributed by atoms with Crippen molar-refractivity contribution < 1.29 is 36.8 Å². The maximum absolute atomic E-state index is 13.6. The van der Waals surface area contributed by atoms with E-state index in [-0.39, 0.29) is 41.5 Å². The Morgan fingerprint density at radius 2 is 1.86 bits per heavy atom. The number of aromatic nitrogens is 3. The smallest absolute Gasteiger partial charge is 0.482 e. The van der Waals surface area contributed by atoms with E-state index in [1.165, 1.54) is 42.3 Å². The van der Waals surface area contributed by atoms with Crippen LogP contribution in [0.25, 0.3) is 0 Å². The molecule has 1 saturated heterocycles. The number of hydrogen-bond donors (Lipinski definition) is 3. The molecule has 3 aromatic rings. The molecule has 4 aliphatic rings. The van der Waals surface area contributed by atoms with Crippen LogP contribution in [0.3, 0.4) is 0 Å². The summed E-state index contributed by atoms with van der Waals surface area (Å²) in [5.41, 5.74) is 6.29. The molecule has 2 bridgehead atoms. The van der Waals surface area contributed by atoms with Gasteiger partial charge in [0.25, 0.3) is 0 Å². The molecule has 14 nitrogen and oxygen atoms in total. The van der Waals surface area contributed by atoms with Crippen LogP contribution < -0.4 is 20.5 Å². The number of rotatable bonds is 12. The zero-order valence-corrected chi connectivity index (χ0v) is 31.0. The predicted octanol–water partition coefficient (Wildman–Crippen LogP) is 3.30. The summed E-state index contributed by atoms with van der Waals surface area (Å²) >= 11 is 0. The summed E-state index contributed by atoms with van der Waals surface area (Å²) in [4.78, 5) is 26.8. The maximum atomic E-state index is 13.6. The summed E-state index contributed by atoms with van der Waals surface area (Å²) in [6.45, 7) is 11.7. The highest BCUT2D eigenvalue weighted by Gasteiger charge is 2.68. The molecule has 5 atom stereocenters. The monoisotopic (exact) mass is 722 g/mol. The van der Waals surface area contributed by atoms with Gasteiger partial charge in [0.1, 0.15) is 23.5 Å². The van der Waals surface area contributed by atoms with Crippen molar-refractivity contribution in [2.24, 2.45) is 17.3 Å². The quantitative estimate of drug-likeness (QED) is 0.142. The van der Waals surface area contributed by atoms with Gasteiger partial charge in [-0.25, -0.2) is 22.6 Å². The molecule has 1 aliphatic heterocycles. The van der Waals surface area contributed by atoms with Gasteiger partial charge in [0, 0.05) is 5.69 Å². The van der Waals surface area contributed by atoms with E-state index in [2.05, 4.69) is 41.1 Å². The largest absolute Gasteiger partial charge is 0.496 e. The molecule has 274 valence electrons. The van der Waals surface area contributed by atoms with Crippen LogP contribution in [0.1, 0.15) is 76.0 Å². The number of nitrogens with one attached hydrogen (secondary N) is 2. The molecule has 2 aromatic carbocycles. The highest BCUT2D eigenvalue weighted by atomic mass is 32.2. The first-order chi connectivity index (χ1) is 23.9. The number of nitrogen functional groups attached to an aromatic ring is 1. The normalized spacial score (nSPS) is 24.3. The fourth-order valence-electron chi connectivity index (χ4n) is 7.80. The van der Waals surface area contributed by atoms with E-state index in [1.807, 2.05) is 6.07 Å².